The van der Waals surface area contributed by atoms with Crippen LogP contribution in [0, 0.1) is 12.8 Å². The molecule has 2 N–H and O–H groups in total. The lowest BCUT2D eigenvalue weighted by atomic mass is 9.93. The van der Waals surface area contributed by atoms with Crippen molar-refractivity contribution in [1.29, 1.82) is 0 Å². The standard InChI is InChI=1S/C20H21N3O3/c1-3-14(11-15-8-5-4-7-13(15)2)19(24)21-17-10-6-9-16(12-17)18-22-20(25)26-23-18/h4-10,12,14H,3,11H2,1-2H3,(H,21,24)(H,22,23,25). The van der Waals surface area contributed by atoms with Crippen molar-refractivity contribution in [2.45, 2.75) is 26.7 Å². The number of carbonyl (C=O) groups excluding carboxylic acids is 1. The molecule has 2 aromatic carbocycles. The number of H-pyrrole nitrogens is 1. The molecular weight excluding hydrogens is 330 g/mol. The molecule has 26 heavy (non-hydrogen) atoms. The van der Waals surface area contributed by atoms with Gasteiger partial charge in [0.1, 0.15) is 0 Å². The van der Waals surface area contributed by atoms with Crippen LogP contribution < -0.4 is 11.1 Å². The van der Waals surface area contributed by atoms with Gasteiger partial charge in [-0.1, -0.05) is 48.5 Å². The van der Waals surface area contributed by atoms with Crippen LogP contribution in [-0.4, -0.2) is 16.0 Å². The third-order valence-electron chi connectivity index (χ3n) is 4.44. The van der Waals surface area contributed by atoms with Crippen molar-refractivity contribution in [3.63, 3.8) is 0 Å². The van der Waals surface area contributed by atoms with Crippen molar-refractivity contribution in [3.8, 4) is 11.4 Å². The van der Waals surface area contributed by atoms with Gasteiger partial charge in [-0.2, -0.15) is 0 Å². The van der Waals surface area contributed by atoms with Crippen LogP contribution in [-0.2, 0) is 11.2 Å². The van der Waals surface area contributed by atoms with Crippen LogP contribution in [0.15, 0.2) is 57.8 Å². The highest BCUT2D eigenvalue weighted by Gasteiger charge is 2.18. The lowest BCUT2D eigenvalue weighted by Gasteiger charge is -2.16. The van der Waals surface area contributed by atoms with Crippen LogP contribution in [0.4, 0.5) is 5.69 Å². The first kappa shape index (κ1) is 17.7. The molecule has 1 heterocycles. The SMILES string of the molecule is CCC(Cc1ccccc1C)C(=O)Nc1cccc(-c2noc(=O)[nH]2)c1. The first-order chi connectivity index (χ1) is 12.6. The molecule has 0 radical (unpaired) electrons. The van der Waals surface area contributed by atoms with Gasteiger partial charge in [-0.3, -0.25) is 14.3 Å². The molecule has 3 aromatic rings. The molecule has 6 heteroatoms. The fraction of sp³-hybridized carbons (Fsp3) is 0.250. The average molecular weight is 351 g/mol. The molecule has 0 aliphatic heterocycles. The Bertz CT molecular complexity index is 958. The van der Waals surface area contributed by atoms with E-state index in [-0.39, 0.29) is 11.8 Å². The number of hydrogen-bond acceptors (Lipinski definition) is 4. The van der Waals surface area contributed by atoms with Crippen LogP contribution in [0.25, 0.3) is 11.4 Å². The van der Waals surface area contributed by atoms with Gasteiger partial charge in [0.2, 0.25) is 5.91 Å². The molecule has 1 aromatic heterocycles. The summed E-state index contributed by atoms with van der Waals surface area (Å²) in [6.45, 7) is 4.07. The van der Waals surface area contributed by atoms with Crippen LogP contribution in [0.1, 0.15) is 24.5 Å². The number of aromatic amines is 1. The van der Waals surface area contributed by atoms with Crippen molar-refractivity contribution >= 4 is 11.6 Å². The monoisotopic (exact) mass is 351 g/mol. The molecule has 6 nitrogen and oxygen atoms in total. The number of carbonyl (C=O) groups is 1. The highest BCUT2D eigenvalue weighted by Crippen LogP contribution is 2.21. The summed E-state index contributed by atoms with van der Waals surface area (Å²) < 4.78 is 4.52. The van der Waals surface area contributed by atoms with E-state index in [0.29, 0.717) is 23.5 Å². The Balaban J connectivity index is 1.74. The van der Waals surface area contributed by atoms with Crippen molar-refractivity contribution in [2.75, 3.05) is 5.32 Å². The van der Waals surface area contributed by atoms with Crippen LogP contribution in [0.5, 0.6) is 0 Å². The summed E-state index contributed by atoms with van der Waals surface area (Å²) >= 11 is 0. The molecule has 3 rings (SSSR count). The highest BCUT2D eigenvalue weighted by molar-refractivity contribution is 5.93. The minimum absolute atomic E-state index is 0.0263. The van der Waals surface area contributed by atoms with Crippen molar-refractivity contribution < 1.29 is 9.32 Å². The molecule has 0 bridgehead atoms. The fourth-order valence-electron chi connectivity index (χ4n) is 2.87. The lowest BCUT2D eigenvalue weighted by molar-refractivity contribution is -0.119. The first-order valence-corrected chi connectivity index (χ1v) is 8.58. The normalized spacial score (nSPS) is 11.9. The van der Waals surface area contributed by atoms with E-state index in [1.165, 1.54) is 11.1 Å². The topological polar surface area (TPSA) is 88.0 Å². The lowest BCUT2D eigenvalue weighted by Crippen LogP contribution is -2.24. The summed E-state index contributed by atoms with van der Waals surface area (Å²) in [5.41, 5.74) is 3.69. The third kappa shape index (κ3) is 4.08. The third-order valence-corrected chi connectivity index (χ3v) is 4.44. The molecule has 0 saturated carbocycles. The maximum atomic E-state index is 12.7. The number of nitrogens with one attached hydrogen (secondary N) is 2. The van der Waals surface area contributed by atoms with Gasteiger partial charge in [-0.05, 0) is 43.0 Å². The summed E-state index contributed by atoms with van der Waals surface area (Å²) in [5.74, 6) is -0.426. The van der Waals surface area contributed by atoms with Gasteiger partial charge in [0, 0.05) is 17.2 Å². The largest absolute Gasteiger partial charge is 0.439 e. The maximum Gasteiger partial charge on any atom is 0.439 e. The second kappa shape index (κ2) is 7.82. The van der Waals surface area contributed by atoms with Gasteiger partial charge < -0.3 is 5.32 Å². The van der Waals surface area contributed by atoms with E-state index in [9.17, 15) is 9.59 Å². The molecular formula is C20H21N3O3. The molecule has 1 unspecified atom stereocenters. The van der Waals surface area contributed by atoms with Crippen LogP contribution in [0.2, 0.25) is 0 Å². The Morgan fingerprint density at radius 3 is 2.73 bits per heavy atom. The molecule has 134 valence electrons. The molecule has 0 saturated heterocycles. The Kier molecular flexibility index (Phi) is 5.31. The molecule has 1 atom stereocenters. The minimum Gasteiger partial charge on any atom is -0.326 e. The molecule has 0 fully saturated rings. The summed E-state index contributed by atoms with van der Waals surface area (Å²) in [4.78, 5) is 26.3. The second-order valence-electron chi connectivity index (χ2n) is 6.25. The Hall–Kier alpha value is -3.15. The smallest absolute Gasteiger partial charge is 0.326 e. The van der Waals surface area contributed by atoms with E-state index < -0.39 is 5.76 Å². The summed E-state index contributed by atoms with van der Waals surface area (Å²) in [6.07, 6.45) is 1.45. The van der Waals surface area contributed by atoms with Crippen molar-refractivity contribution in [2.24, 2.45) is 5.92 Å². The van der Waals surface area contributed by atoms with Gasteiger partial charge >= 0.3 is 5.76 Å². The summed E-state index contributed by atoms with van der Waals surface area (Å²) in [6, 6.07) is 15.3. The minimum atomic E-state index is -0.612. The van der Waals surface area contributed by atoms with E-state index >= 15 is 0 Å². The van der Waals surface area contributed by atoms with Gasteiger partial charge in [-0.15, -0.1) is 0 Å². The predicted octanol–water partition coefficient (Wildman–Crippen LogP) is 3.55. The van der Waals surface area contributed by atoms with E-state index in [1.54, 1.807) is 24.3 Å². The quantitative estimate of drug-likeness (QED) is 0.711. The average Bonchev–Trinajstić information content (AvgIpc) is 3.07. The number of aryl methyl sites for hydroxylation is 1. The van der Waals surface area contributed by atoms with Gasteiger partial charge in [0.15, 0.2) is 5.82 Å². The van der Waals surface area contributed by atoms with E-state index in [4.69, 9.17) is 0 Å². The van der Waals surface area contributed by atoms with Crippen molar-refractivity contribution in [3.05, 3.63) is 70.2 Å². The molecule has 0 spiro atoms. The van der Waals surface area contributed by atoms with E-state index in [2.05, 4.69) is 39.0 Å². The van der Waals surface area contributed by atoms with Crippen molar-refractivity contribution in [1.82, 2.24) is 10.1 Å². The second-order valence-corrected chi connectivity index (χ2v) is 6.25. The number of aromatic nitrogens is 2. The number of nitrogens with zero attached hydrogens (tertiary/aromatic N) is 1. The number of hydrogen-bond donors (Lipinski definition) is 2. The Morgan fingerprint density at radius 2 is 2.04 bits per heavy atom. The number of amides is 1. The molecule has 1 amide bonds. The highest BCUT2D eigenvalue weighted by atomic mass is 16.5. The fourth-order valence-corrected chi connectivity index (χ4v) is 2.87. The first-order valence-electron chi connectivity index (χ1n) is 8.58. The zero-order valence-electron chi connectivity index (χ0n) is 14.8. The van der Waals surface area contributed by atoms with E-state index in [0.717, 1.165) is 6.42 Å². The van der Waals surface area contributed by atoms with Gasteiger partial charge in [0.25, 0.3) is 0 Å². The van der Waals surface area contributed by atoms with Gasteiger partial charge in [0.05, 0.1) is 0 Å². The zero-order chi connectivity index (χ0) is 18.5. The summed E-state index contributed by atoms with van der Waals surface area (Å²) in [5, 5.41) is 6.63. The Morgan fingerprint density at radius 1 is 1.23 bits per heavy atom. The Labute approximate surface area is 151 Å². The number of anilines is 1. The van der Waals surface area contributed by atoms with Crippen LogP contribution >= 0.6 is 0 Å². The number of rotatable bonds is 6. The van der Waals surface area contributed by atoms with Gasteiger partial charge in [-0.25, -0.2) is 4.79 Å². The predicted molar refractivity (Wildman–Crippen MR) is 99.9 cm³/mol. The zero-order valence-corrected chi connectivity index (χ0v) is 14.8. The van der Waals surface area contributed by atoms with Crippen LogP contribution in [0.3, 0.4) is 0 Å². The number of benzene rings is 2. The maximum absolute atomic E-state index is 12.7. The van der Waals surface area contributed by atoms with E-state index in [1.807, 2.05) is 19.1 Å². The molecule has 0 aliphatic carbocycles. The summed E-state index contributed by atoms with van der Waals surface area (Å²) in [7, 11) is 0. The molecule has 0 aliphatic rings.